The number of ether oxygens (including phenoxy) is 3. The molecule has 12 nitrogen and oxygen atoms in total. The summed E-state index contributed by atoms with van der Waals surface area (Å²) in [4.78, 5) is 36.8. The monoisotopic (exact) mass is 601 g/mol. The number of carbonyl (C=O) groups is 2. The smallest absolute Gasteiger partial charge is 0.408 e. The number of fused-ring (bicyclic) bond motifs is 2. The van der Waals surface area contributed by atoms with Crippen molar-refractivity contribution in [3.8, 4) is 6.07 Å². The summed E-state index contributed by atoms with van der Waals surface area (Å²) in [5.74, 6) is 0.171. The summed E-state index contributed by atoms with van der Waals surface area (Å²) in [5, 5.41) is 17.6. The minimum Gasteiger partial charge on any atom is -0.459 e. The minimum absolute atomic E-state index is 0.0699. The zero-order valence-electron chi connectivity index (χ0n) is 25.8. The highest BCUT2D eigenvalue weighted by molar-refractivity contribution is 5.79. The van der Waals surface area contributed by atoms with E-state index in [9.17, 15) is 14.9 Å². The van der Waals surface area contributed by atoms with Crippen LogP contribution in [0.25, 0.3) is 11.2 Å². The van der Waals surface area contributed by atoms with E-state index in [2.05, 4.69) is 33.5 Å². The average molecular weight is 602 g/mol. The van der Waals surface area contributed by atoms with Crippen LogP contribution < -0.4 is 10.2 Å². The summed E-state index contributed by atoms with van der Waals surface area (Å²) in [7, 11) is 0. The molecule has 0 bridgehead atoms. The fraction of sp³-hybridized carbons (Fsp3) is 0.562. The molecule has 1 aromatic carbocycles. The maximum absolute atomic E-state index is 13.0. The Kier molecular flexibility index (Phi) is 7.92. The van der Waals surface area contributed by atoms with E-state index in [4.69, 9.17) is 24.2 Å². The second kappa shape index (κ2) is 11.7. The van der Waals surface area contributed by atoms with Crippen LogP contribution in [0.15, 0.2) is 24.3 Å². The van der Waals surface area contributed by atoms with Gasteiger partial charge >= 0.3 is 12.1 Å². The number of carbonyl (C=O) groups excluding carboxylic acids is 2. The van der Waals surface area contributed by atoms with Crippen molar-refractivity contribution in [1.82, 2.24) is 25.1 Å². The van der Waals surface area contributed by atoms with E-state index in [0.717, 1.165) is 44.1 Å². The van der Waals surface area contributed by atoms with Gasteiger partial charge < -0.3 is 24.4 Å². The third kappa shape index (κ3) is 5.80. The Morgan fingerprint density at radius 3 is 2.64 bits per heavy atom. The molecule has 2 aromatic heterocycles. The SMILES string of the molecule is CC(=O)OCc1nc2c(C#N)nn(C3CCCCO3)c2nc1N1CCC2(CC1)Cc1ccccc1[C@H]2NC(=O)OC(C)(C)C. The first-order valence-electron chi connectivity index (χ1n) is 15.3. The van der Waals surface area contributed by atoms with Crippen molar-refractivity contribution < 1.29 is 23.8 Å². The summed E-state index contributed by atoms with van der Waals surface area (Å²) in [6.07, 6.45) is 4.41. The molecule has 0 radical (unpaired) electrons. The summed E-state index contributed by atoms with van der Waals surface area (Å²) in [6, 6.07) is 10.2. The van der Waals surface area contributed by atoms with E-state index in [1.807, 2.05) is 32.9 Å². The largest absolute Gasteiger partial charge is 0.459 e. The molecule has 2 aliphatic heterocycles. The van der Waals surface area contributed by atoms with Crippen LogP contribution in [0.3, 0.4) is 0 Å². The molecule has 1 N–H and O–H groups in total. The van der Waals surface area contributed by atoms with Crippen LogP contribution in [-0.4, -0.2) is 57.1 Å². The van der Waals surface area contributed by atoms with Crippen LogP contribution in [0.2, 0.25) is 0 Å². The molecular weight excluding hydrogens is 562 g/mol. The Balaban J connectivity index is 1.32. The fourth-order valence-corrected chi connectivity index (χ4v) is 6.76. The summed E-state index contributed by atoms with van der Waals surface area (Å²) < 4.78 is 18.7. The number of anilines is 1. The number of nitrogens with one attached hydrogen (secondary N) is 1. The maximum Gasteiger partial charge on any atom is 0.408 e. The average Bonchev–Trinajstić information content (AvgIpc) is 3.50. The Bertz CT molecular complexity index is 1610. The molecule has 2 saturated heterocycles. The van der Waals surface area contributed by atoms with Gasteiger partial charge in [-0.05, 0) is 70.4 Å². The van der Waals surface area contributed by atoms with Gasteiger partial charge in [0, 0.05) is 32.0 Å². The highest BCUT2D eigenvalue weighted by Gasteiger charge is 2.49. The highest BCUT2D eigenvalue weighted by Crippen LogP contribution is 2.52. The second-order valence-electron chi connectivity index (χ2n) is 13.0. The first-order valence-corrected chi connectivity index (χ1v) is 15.3. The van der Waals surface area contributed by atoms with Gasteiger partial charge in [-0.1, -0.05) is 24.3 Å². The quantitative estimate of drug-likeness (QED) is 0.402. The minimum atomic E-state index is -0.602. The van der Waals surface area contributed by atoms with Gasteiger partial charge in [-0.25, -0.2) is 19.4 Å². The van der Waals surface area contributed by atoms with E-state index in [0.29, 0.717) is 42.4 Å². The van der Waals surface area contributed by atoms with Crippen molar-refractivity contribution in [2.45, 2.75) is 90.7 Å². The predicted octanol–water partition coefficient (Wildman–Crippen LogP) is 4.87. The van der Waals surface area contributed by atoms with Crippen LogP contribution >= 0.6 is 0 Å². The van der Waals surface area contributed by atoms with Crippen molar-refractivity contribution in [2.24, 2.45) is 5.41 Å². The maximum atomic E-state index is 13.0. The number of piperidine rings is 1. The molecule has 0 saturated carbocycles. The van der Waals surface area contributed by atoms with Crippen molar-refractivity contribution in [1.29, 1.82) is 5.26 Å². The van der Waals surface area contributed by atoms with Gasteiger partial charge in [-0.2, -0.15) is 10.4 Å². The van der Waals surface area contributed by atoms with Gasteiger partial charge in [0.25, 0.3) is 0 Å². The number of hydrogen-bond donors (Lipinski definition) is 1. The molecule has 1 spiro atoms. The zero-order chi connectivity index (χ0) is 31.1. The predicted molar refractivity (Wildman–Crippen MR) is 160 cm³/mol. The van der Waals surface area contributed by atoms with Crippen molar-refractivity contribution >= 4 is 29.0 Å². The van der Waals surface area contributed by atoms with Crippen molar-refractivity contribution in [2.75, 3.05) is 24.6 Å². The van der Waals surface area contributed by atoms with Crippen molar-refractivity contribution in [3.63, 3.8) is 0 Å². The van der Waals surface area contributed by atoms with Gasteiger partial charge in [0.05, 0.1) is 6.04 Å². The number of rotatable bonds is 5. The Morgan fingerprint density at radius 1 is 1.18 bits per heavy atom. The summed E-state index contributed by atoms with van der Waals surface area (Å²) in [5.41, 5.74) is 3.05. The Labute approximate surface area is 256 Å². The molecule has 2 fully saturated rings. The lowest BCUT2D eigenvalue weighted by Crippen LogP contribution is -2.48. The van der Waals surface area contributed by atoms with E-state index in [1.165, 1.54) is 12.5 Å². The Hall–Kier alpha value is -4.24. The van der Waals surface area contributed by atoms with Gasteiger partial charge in [0.1, 0.15) is 29.5 Å². The fourth-order valence-electron chi connectivity index (χ4n) is 6.76. The van der Waals surface area contributed by atoms with E-state index >= 15 is 0 Å². The molecule has 4 heterocycles. The normalized spacial score (nSPS) is 21.1. The summed E-state index contributed by atoms with van der Waals surface area (Å²) >= 11 is 0. The number of benzene rings is 1. The van der Waals surface area contributed by atoms with Crippen molar-refractivity contribution in [3.05, 3.63) is 46.8 Å². The van der Waals surface area contributed by atoms with Crippen LogP contribution in [-0.2, 0) is 32.0 Å². The van der Waals surface area contributed by atoms with E-state index < -0.39 is 17.7 Å². The Morgan fingerprint density at radius 2 is 1.95 bits per heavy atom. The van der Waals surface area contributed by atoms with E-state index in [1.54, 1.807) is 4.68 Å². The molecule has 44 heavy (non-hydrogen) atoms. The third-order valence-corrected chi connectivity index (χ3v) is 8.76. The van der Waals surface area contributed by atoms with Gasteiger partial charge in [-0.3, -0.25) is 4.79 Å². The van der Waals surface area contributed by atoms with Crippen LogP contribution in [0.4, 0.5) is 10.6 Å². The molecule has 3 aliphatic rings. The number of nitriles is 1. The van der Waals surface area contributed by atoms with Crippen LogP contribution in [0.5, 0.6) is 0 Å². The van der Waals surface area contributed by atoms with Gasteiger partial charge in [-0.15, -0.1) is 0 Å². The zero-order valence-corrected chi connectivity index (χ0v) is 25.8. The molecule has 1 aliphatic carbocycles. The van der Waals surface area contributed by atoms with Gasteiger partial charge in [0.15, 0.2) is 23.4 Å². The third-order valence-electron chi connectivity index (χ3n) is 8.76. The highest BCUT2D eigenvalue weighted by atomic mass is 16.6. The molecular formula is C32H39N7O5. The molecule has 3 aromatic rings. The van der Waals surface area contributed by atoms with Crippen LogP contribution in [0, 0.1) is 16.7 Å². The molecule has 1 unspecified atom stereocenters. The lowest BCUT2D eigenvalue weighted by atomic mass is 9.72. The number of nitrogens with zero attached hydrogens (tertiary/aromatic N) is 6. The topological polar surface area (TPSA) is 144 Å². The standard InChI is InChI=1S/C32H39N7O5/c1-20(40)43-19-24-28(36-29-26(34-24)23(18-33)37-39(29)25-11-7-8-16-42-25)38-14-12-32(13-15-38)17-21-9-5-6-10-22(21)27(32)35-30(41)44-31(2,3)4/h5-6,9-10,25,27H,7-8,11-17,19H2,1-4H3,(H,35,41)/t25?,27-/m1/s1. The lowest BCUT2D eigenvalue weighted by molar-refractivity contribution is -0.142. The molecule has 1 amide bonds. The second-order valence-corrected chi connectivity index (χ2v) is 13.0. The van der Waals surface area contributed by atoms with Crippen LogP contribution in [0.1, 0.15) is 94.6 Å². The van der Waals surface area contributed by atoms with E-state index in [-0.39, 0.29) is 30.0 Å². The molecule has 2 atom stereocenters. The first-order chi connectivity index (χ1) is 21.1. The van der Waals surface area contributed by atoms with Gasteiger partial charge in [0.2, 0.25) is 0 Å². The molecule has 6 rings (SSSR count). The molecule has 232 valence electrons. The first kappa shape index (κ1) is 29.8. The number of alkyl carbamates (subject to hydrolysis) is 1. The number of hydrogen-bond acceptors (Lipinski definition) is 10. The number of amides is 1. The molecule has 12 heteroatoms. The number of aromatic nitrogens is 4. The number of esters is 1. The lowest BCUT2D eigenvalue weighted by Gasteiger charge is -2.44. The summed E-state index contributed by atoms with van der Waals surface area (Å²) in [6.45, 7) is 8.78.